The molecule has 0 fully saturated rings. The Morgan fingerprint density at radius 2 is 2.00 bits per heavy atom. The van der Waals surface area contributed by atoms with E-state index in [9.17, 15) is 0 Å². The van der Waals surface area contributed by atoms with Gasteiger partial charge >= 0.3 is 0 Å². The largest absolute Gasteiger partial charge is 0.497 e. The maximum atomic E-state index is 6.05. The van der Waals surface area contributed by atoms with Crippen LogP contribution in [0.3, 0.4) is 0 Å². The normalized spacial score (nSPS) is 13.3. The van der Waals surface area contributed by atoms with Gasteiger partial charge in [0.15, 0.2) is 0 Å². The van der Waals surface area contributed by atoms with Crippen molar-refractivity contribution in [3.63, 3.8) is 0 Å². The van der Waals surface area contributed by atoms with Crippen molar-refractivity contribution < 1.29 is 9.47 Å². The topological polar surface area (TPSA) is 18.5 Å². The molecular formula is C16H25ClO2. The summed E-state index contributed by atoms with van der Waals surface area (Å²) in [6.07, 6.45) is 1.95. The van der Waals surface area contributed by atoms with Gasteiger partial charge in [-0.2, -0.15) is 0 Å². The number of ether oxygens (including phenoxy) is 2. The highest BCUT2D eigenvalue weighted by molar-refractivity contribution is 6.18. The molecule has 1 unspecified atom stereocenters. The second-order valence-corrected chi connectivity index (χ2v) is 6.13. The first-order valence-electron chi connectivity index (χ1n) is 6.77. The predicted octanol–water partition coefficient (Wildman–Crippen LogP) is 4.30. The van der Waals surface area contributed by atoms with Crippen LogP contribution in [-0.2, 0) is 11.2 Å². The van der Waals surface area contributed by atoms with E-state index in [1.807, 2.05) is 12.1 Å². The third kappa shape index (κ3) is 6.84. The molecule has 19 heavy (non-hydrogen) atoms. The summed E-state index contributed by atoms with van der Waals surface area (Å²) in [4.78, 5) is 0. The highest BCUT2D eigenvalue weighted by Gasteiger charge is 2.13. The molecule has 108 valence electrons. The number of rotatable bonds is 7. The number of hydrogen-bond acceptors (Lipinski definition) is 2. The van der Waals surface area contributed by atoms with E-state index in [-0.39, 0.29) is 5.60 Å². The third-order valence-corrected chi connectivity index (χ3v) is 3.37. The first kappa shape index (κ1) is 16.3. The monoisotopic (exact) mass is 284 g/mol. The summed E-state index contributed by atoms with van der Waals surface area (Å²) in [5.41, 5.74) is 1.19. The summed E-state index contributed by atoms with van der Waals surface area (Å²) < 4.78 is 11.0. The van der Waals surface area contributed by atoms with Crippen molar-refractivity contribution in [1.82, 2.24) is 0 Å². The van der Waals surface area contributed by atoms with E-state index in [1.165, 1.54) is 5.56 Å². The molecule has 0 aliphatic carbocycles. The van der Waals surface area contributed by atoms with Gasteiger partial charge < -0.3 is 9.47 Å². The van der Waals surface area contributed by atoms with Crippen LogP contribution in [0.25, 0.3) is 0 Å². The Hall–Kier alpha value is -0.730. The Kier molecular flexibility index (Phi) is 6.67. The van der Waals surface area contributed by atoms with Crippen molar-refractivity contribution >= 4 is 11.6 Å². The molecule has 0 heterocycles. The second-order valence-electron chi connectivity index (χ2n) is 5.83. The van der Waals surface area contributed by atoms with Gasteiger partial charge in [-0.05, 0) is 57.2 Å². The lowest BCUT2D eigenvalue weighted by atomic mass is 9.98. The minimum Gasteiger partial charge on any atom is -0.497 e. The quantitative estimate of drug-likeness (QED) is 0.695. The third-order valence-electron chi connectivity index (χ3n) is 2.94. The Balaban J connectivity index is 2.47. The summed E-state index contributed by atoms with van der Waals surface area (Å²) in [5, 5.41) is 0. The van der Waals surface area contributed by atoms with Crippen molar-refractivity contribution in [2.24, 2.45) is 5.92 Å². The molecule has 0 spiro atoms. The molecule has 2 nitrogen and oxygen atoms in total. The van der Waals surface area contributed by atoms with Crippen LogP contribution in [0.4, 0.5) is 0 Å². The van der Waals surface area contributed by atoms with Crippen LogP contribution in [0.1, 0.15) is 32.8 Å². The number of hydrogen-bond donors (Lipinski definition) is 0. The molecule has 0 aliphatic rings. The van der Waals surface area contributed by atoms with E-state index in [2.05, 4.69) is 32.9 Å². The first-order chi connectivity index (χ1) is 8.94. The average molecular weight is 285 g/mol. The minimum absolute atomic E-state index is 0.0766. The number of methoxy groups -OCH3 is 1. The molecular weight excluding hydrogens is 260 g/mol. The summed E-state index contributed by atoms with van der Waals surface area (Å²) >= 11 is 6.05. The average Bonchev–Trinajstić information content (AvgIpc) is 2.36. The fourth-order valence-corrected chi connectivity index (χ4v) is 2.16. The second kappa shape index (κ2) is 7.76. The van der Waals surface area contributed by atoms with Crippen LogP contribution in [0.5, 0.6) is 5.75 Å². The molecule has 0 saturated heterocycles. The molecule has 1 atom stereocenters. The molecule has 0 radical (unpaired) electrons. The van der Waals surface area contributed by atoms with Gasteiger partial charge in [-0.3, -0.25) is 0 Å². The zero-order valence-corrected chi connectivity index (χ0v) is 13.2. The number of benzene rings is 1. The van der Waals surface area contributed by atoms with Gasteiger partial charge in [-0.25, -0.2) is 0 Å². The van der Waals surface area contributed by atoms with Crippen molar-refractivity contribution in [3.8, 4) is 5.75 Å². The lowest BCUT2D eigenvalue weighted by Crippen LogP contribution is -2.21. The molecule has 0 N–H and O–H groups in total. The van der Waals surface area contributed by atoms with Gasteiger partial charge in [0.2, 0.25) is 0 Å². The van der Waals surface area contributed by atoms with Gasteiger partial charge in [-0.15, -0.1) is 11.6 Å². The van der Waals surface area contributed by atoms with E-state index < -0.39 is 0 Å². The first-order valence-corrected chi connectivity index (χ1v) is 7.31. The smallest absolute Gasteiger partial charge is 0.119 e. The summed E-state index contributed by atoms with van der Waals surface area (Å²) in [5.74, 6) is 2.00. The molecule has 3 heteroatoms. The van der Waals surface area contributed by atoms with Gasteiger partial charge in [0.1, 0.15) is 5.75 Å². The van der Waals surface area contributed by atoms with Gasteiger partial charge in [0, 0.05) is 12.5 Å². The summed E-state index contributed by atoms with van der Waals surface area (Å²) in [7, 11) is 1.69. The molecule has 1 aromatic rings. The maximum Gasteiger partial charge on any atom is 0.119 e. The van der Waals surface area contributed by atoms with Crippen LogP contribution >= 0.6 is 11.6 Å². The van der Waals surface area contributed by atoms with Crippen LogP contribution < -0.4 is 4.74 Å². The molecule has 0 bridgehead atoms. The van der Waals surface area contributed by atoms with Crippen molar-refractivity contribution in [2.75, 3.05) is 19.6 Å². The fraction of sp³-hybridized carbons (Fsp3) is 0.625. The van der Waals surface area contributed by atoms with Crippen LogP contribution in [-0.4, -0.2) is 25.2 Å². The number of halogens is 1. The highest BCUT2D eigenvalue weighted by Crippen LogP contribution is 2.19. The van der Waals surface area contributed by atoms with Crippen LogP contribution in [0.15, 0.2) is 24.3 Å². The molecule has 0 saturated carbocycles. The van der Waals surface area contributed by atoms with E-state index in [1.54, 1.807) is 7.11 Å². The predicted molar refractivity (Wildman–Crippen MR) is 81.2 cm³/mol. The van der Waals surface area contributed by atoms with Crippen molar-refractivity contribution in [1.29, 1.82) is 0 Å². The SMILES string of the molecule is COc1cccc(CC(CCl)CCOC(C)(C)C)c1. The molecule has 0 amide bonds. The molecule has 1 aromatic carbocycles. The number of alkyl halides is 1. The van der Waals surface area contributed by atoms with Gasteiger partial charge in [0.05, 0.1) is 12.7 Å². The maximum absolute atomic E-state index is 6.05. The van der Waals surface area contributed by atoms with E-state index in [0.717, 1.165) is 25.2 Å². The van der Waals surface area contributed by atoms with E-state index >= 15 is 0 Å². The van der Waals surface area contributed by atoms with Crippen molar-refractivity contribution in [2.45, 2.75) is 39.2 Å². The highest BCUT2D eigenvalue weighted by atomic mass is 35.5. The Bertz CT molecular complexity index is 371. The van der Waals surface area contributed by atoms with Crippen LogP contribution in [0, 0.1) is 5.92 Å². The van der Waals surface area contributed by atoms with Gasteiger partial charge in [-0.1, -0.05) is 12.1 Å². The Labute approximate surface area is 122 Å². The van der Waals surface area contributed by atoms with E-state index in [0.29, 0.717) is 11.8 Å². The lowest BCUT2D eigenvalue weighted by molar-refractivity contribution is -0.00831. The Morgan fingerprint density at radius 3 is 2.58 bits per heavy atom. The van der Waals surface area contributed by atoms with E-state index in [4.69, 9.17) is 21.1 Å². The summed E-state index contributed by atoms with van der Waals surface area (Å²) in [6, 6.07) is 8.17. The van der Waals surface area contributed by atoms with Crippen LogP contribution in [0.2, 0.25) is 0 Å². The van der Waals surface area contributed by atoms with Gasteiger partial charge in [0.25, 0.3) is 0 Å². The molecule has 0 aromatic heterocycles. The summed E-state index contributed by atoms with van der Waals surface area (Å²) in [6.45, 7) is 6.98. The molecule has 1 rings (SSSR count). The minimum atomic E-state index is -0.0766. The zero-order chi connectivity index (χ0) is 14.3. The Morgan fingerprint density at radius 1 is 1.26 bits per heavy atom. The van der Waals surface area contributed by atoms with Crippen molar-refractivity contribution in [3.05, 3.63) is 29.8 Å². The fourth-order valence-electron chi connectivity index (χ4n) is 1.90. The zero-order valence-electron chi connectivity index (χ0n) is 12.4. The molecule has 0 aliphatic heterocycles. The lowest BCUT2D eigenvalue weighted by Gasteiger charge is -2.21. The standard InChI is InChI=1S/C16H25ClO2/c1-16(2,3)19-9-8-14(12-17)10-13-6-5-7-15(11-13)18-4/h5-7,11,14H,8-10,12H2,1-4H3.